The van der Waals surface area contributed by atoms with Crippen LogP contribution >= 0.6 is 23.5 Å². The highest BCUT2D eigenvalue weighted by Crippen LogP contribution is 2.35. The molecular formula is C15H22OS2. The molecule has 1 aromatic carbocycles. The van der Waals surface area contributed by atoms with Gasteiger partial charge in [0.05, 0.1) is 6.10 Å². The van der Waals surface area contributed by atoms with Crippen LogP contribution in [0.4, 0.5) is 0 Å². The molecule has 0 radical (unpaired) electrons. The monoisotopic (exact) mass is 282 g/mol. The van der Waals surface area contributed by atoms with Crippen LogP contribution in [0.5, 0.6) is 0 Å². The maximum absolute atomic E-state index is 10.5. The van der Waals surface area contributed by atoms with E-state index in [9.17, 15) is 5.11 Å². The summed E-state index contributed by atoms with van der Waals surface area (Å²) in [5.41, 5.74) is 2.53. The maximum Gasteiger partial charge on any atom is 0.0709 e. The topological polar surface area (TPSA) is 20.2 Å². The van der Waals surface area contributed by atoms with Gasteiger partial charge in [-0.25, -0.2) is 0 Å². The van der Waals surface area contributed by atoms with Crippen LogP contribution in [0.3, 0.4) is 0 Å². The fourth-order valence-electron chi connectivity index (χ4n) is 2.49. The van der Waals surface area contributed by atoms with Crippen LogP contribution in [0.15, 0.2) is 24.3 Å². The van der Waals surface area contributed by atoms with Gasteiger partial charge < -0.3 is 5.11 Å². The molecule has 1 aliphatic heterocycles. The summed E-state index contributed by atoms with van der Waals surface area (Å²) in [5.74, 6) is 2.41. The van der Waals surface area contributed by atoms with Gasteiger partial charge in [-0.15, -0.1) is 0 Å². The number of aryl methyl sites for hydroxylation is 1. The highest BCUT2D eigenvalue weighted by atomic mass is 32.2. The first-order chi connectivity index (χ1) is 8.70. The lowest BCUT2D eigenvalue weighted by Crippen LogP contribution is -2.37. The van der Waals surface area contributed by atoms with E-state index in [0.29, 0.717) is 10.5 Å². The van der Waals surface area contributed by atoms with Gasteiger partial charge in [-0.1, -0.05) is 36.8 Å². The fourth-order valence-corrected chi connectivity index (χ4v) is 5.64. The smallest absolute Gasteiger partial charge is 0.0709 e. The van der Waals surface area contributed by atoms with E-state index in [1.54, 1.807) is 0 Å². The largest absolute Gasteiger partial charge is 0.392 e. The Labute approximate surface area is 119 Å². The van der Waals surface area contributed by atoms with Gasteiger partial charge in [-0.05, 0) is 25.3 Å². The predicted octanol–water partition coefficient (Wildman–Crippen LogP) is 3.53. The molecule has 1 aromatic rings. The first-order valence-electron chi connectivity index (χ1n) is 6.67. The van der Waals surface area contributed by atoms with Crippen molar-refractivity contribution in [1.82, 2.24) is 0 Å². The molecule has 1 heterocycles. The van der Waals surface area contributed by atoms with E-state index in [0.717, 1.165) is 12.8 Å². The molecule has 3 atom stereocenters. The van der Waals surface area contributed by atoms with Crippen molar-refractivity contribution in [1.29, 1.82) is 0 Å². The van der Waals surface area contributed by atoms with Crippen LogP contribution < -0.4 is 0 Å². The Morgan fingerprint density at radius 1 is 1.33 bits per heavy atom. The van der Waals surface area contributed by atoms with Crippen LogP contribution in [0.1, 0.15) is 24.5 Å². The standard InChI is InChI=1S/C15H22OS2/c1-3-14-15(18-8-7-17-14)13(16)10-12-6-4-5-11(2)9-12/h4-6,9,13-16H,3,7-8,10H2,1-2H3. The molecule has 2 rings (SSSR count). The number of hydrogen-bond donors (Lipinski definition) is 1. The number of rotatable bonds is 4. The Morgan fingerprint density at radius 3 is 2.83 bits per heavy atom. The molecule has 3 unspecified atom stereocenters. The number of aliphatic hydroxyl groups is 1. The molecule has 3 heteroatoms. The Balaban J connectivity index is 1.99. The first-order valence-corrected chi connectivity index (χ1v) is 8.77. The molecule has 1 N–H and O–H groups in total. The number of thioether (sulfide) groups is 2. The van der Waals surface area contributed by atoms with Gasteiger partial charge in [-0.3, -0.25) is 0 Å². The third-order valence-corrected chi connectivity index (χ3v) is 6.79. The molecule has 0 amide bonds. The summed E-state index contributed by atoms with van der Waals surface area (Å²) in [4.78, 5) is 0. The average molecular weight is 282 g/mol. The van der Waals surface area contributed by atoms with E-state index >= 15 is 0 Å². The molecule has 0 aromatic heterocycles. The molecular weight excluding hydrogens is 260 g/mol. The molecule has 0 bridgehead atoms. The Hall–Kier alpha value is -0.120. The van der Waals surface area contributed by atoms with Crippen molar-refractivity contribution in [3.05, 3.63) is 35.4 Å². The zero-order chi connectivity index (χ0) is 13.0. The van der Waals surface area contributed by atoms with Gasteiger partial charge in [0.15, 0.2) is 0 Å². The SMILES string of the molecule is CCC1SCCSC1C(O)Cc1cccc(C)c1. The van der Waals surface area contributed by atoms with Crippen LogP contribution in [0.25, 0.3) is 0 Å². The third-order valence-electron chi connectivity index (χ3n) is 3.40. The highest BCUT2D eigenvalue weighted by molar-refractivity contribution is 8.07. The number of aliphatic hydroxyl groups excluding tert-OH is 1. The van der Waals surface area contributed by atoms with E-state index in [4.69, 9.17) is 0 Å². The van der Waals surface area contributed by atoms with Crippen LogP contribution in [0, 0.1) is 6.92 Å². The van der Waals surface area contributed by atoms with E-state index in [2.05, 4.69) is 38.1 Å². The van der Waals surface area contributed by atoms with Gasteiger partial charge in [0, 0.05) is 22.0 Å². The van der Waals surface area contributed by atoms with Crippen LogP contribution in [-0.2, 0) is 6.42 Å². The van der Waals surface area contributed by atoms with E-state index in [1.807, 2.05) is 23.5 Å². The van der Waals surface area contributed by atoms with Gasteiger partial charge in [-0.2, -0.15) is 23.5 Å². The van der Waals surface area contributed by atoms with Crippen LogP contribution in [-0.4, -0.2) is 33.2 Å². The molecule has 1 saturated heterocycles. The second kappa shape index (κ2) is 6.88. The highest BCUT2D eigenvalue weighted by Gasteiger charge is 2.30. The van der Waals surface area contributed by atoms with E-state index in [1.165, 1.54) is 22.6 Å². The summed E-state index contributed by atoms with van der Waals surface area (Å²) in [6.45, 7) is 4.34. The lowest BCUT2D eigenvalue weighted by Gasteiger charge is -2.33. The second-order valence-corrected chi connectivity index (χ2v) is 7.55. The number of hydrogen-bond acceptors (Lipinski definition) is 3. The van der Waals surface area contributed by atoms with Crippen molar-refractivity contribution in [3.8, 4) is 0 Å². The lowest BCUT2D eigenvalue weighted by atomic mass is 10.0. The van der Waals surface area contributed by atoms with Crippen molar-refractivity contribution >= 4 is 23.5 Å². The fraction of sp³-hybridized carbons (Fsp3) is 0.600. The van der Waals surface area contributed by atoms with Crippen molar-refractivity contribution in [2.24, 2.45) is 0 Å². The van der Waals surface area contributed by atoms with Gasteiger partial charge in [0.2, 0.25) is 0 Å². The molecule has 1 aliphatic rings. The average Bonchev–Trinajstić information content (AvgIpc) is 2.38. The summed E-state index contributed by atoms with van der Waals surface area (Å²) < 4.78 is 0. The third kappa shape index (κ3) is 3.69. The summed E-state index contributed by atoms with van der Waals surface area (Å²) in [6, 6.07) is 8.50. The van der Waals surface area contributed by atoms with Gasteiger partial charge in [0.25, 0.3) is 0 Å². The van der Waals surface area contributed by atoms with Gasteiger partial charge >= 0.3 is 0 Å². The Kier molecular flexibility index (Phi) is 5.46. The molecule has 0 saturated carbocycles. The first kappa shape index (κ1) is 14.3. The molecule has 1 nitrogen and oxygen atoms in total. The molecule has 1 fully saturated rings. The molecule has 0 aliphatic carbocycles. The minimum absolute atomic E-state index is 0.213. The molecule has 0 spiro atoms. The summed E-state index contributed by atoms with van der Waals surface area (Å²) in [7, 11) is 0. The predicted molar refractivity (Wildman–Crippen MR) is 83.7 cm³/mol. The molecule has 18 heavy (non-hydrogen) atoms. The normalized spacial score (nSPS) is 25.9. The second-order valence-electron chi connectivity index (χ2n) is 4.91. The quantitative estimate of drug-likeness (QED) is 0.912. The van der Waals surface area contributed by atoms with Gasteiger partial charge in [0.1, 0.15) is 0 Å². The number of benzene rings is 1. The summed E-state index contributed by atoms with van der Waals surface area (Å²) >= 11 is 3.99. The lowest BCUT2D eigenvalue weighted by molar-refractivity contribution is 0.169. The Morgan fingerprint density at radius 2 is 2.11 bits per heavy atom. The zero-order valence-electron chi connectivity index (χ0n) is 11.1. The van der Waals surface area contributed by atoms with Crippen LogP contribution in [0.2, 0.25) is 0 Å². The van der Waals surface area contributed by atoms with Crippen molar-refractivity contribution in [3.63, 3.8) is 0 Å². The summed E-state index contributed by atoms with van der Waals surface area (Å²) in [5, 5.41) is 11.5. The van der Waals surface area contributed by atoms with Crippen molar-refractivity contribution in [2.45, 2.75) is 43.3 Å². The zero-order valence-corrected chi connectivity index (χ0v) is 12.8. The van der Waals surface area contributed by atoms with Crippen molar-refractivity contribution in [2.75, 3.05) is 11.5 Å². The van der Waals surface area contributed by atoms with E-state index < -0.39 is 0 Å². The minimum Gasteiger partial charge on any atom is -0.392 e. The molecule has 100 valence electrons. The minimum atomic E-state index is -0.213. The summed E-state index contributed by atoms with van der Waals surface area (Å²) in [6.07, 6.45) is 1.73. The van der Waals surface area contributed by atoms with Crippen molar-refractivity contribution < 1.29 is 5.11 Å². The Bertz CT molecular complexity index is 381. The maximum atomic E-state index is 10.5. The van der Waals surface area contributed by atoms with E-state index in [-0.39, 0.29) is 6.10 Å².